The van der Waals surface area contributed by atoms with E-state index in [0.29, 0.717) is 5.92 Å². The smallest absolute Gasteiger partial charge is 0.0382 e. The summed E-state index contributed by atoms with van der Waals surface area (Å²) < 4.78 is 0.278. The Morgan fingerprint density at radius 3 is 1.86 bits per heavy atom. The highest BCUT2D eigenvalue weighted by molar-refractivity contribution is 14.1. The van der Waals surface area contributed by atoms with Crippen LogP contribution in [0.4, 0.5) is 0 Å². The summed E-state index contributed by atoms with van der Waals surface area (Å²) in [5.41, 5.74) is 3.34. The SMILES string of the molecule is CC1C=C(C(C)(C)C)C=C1C(C)(C)I. The maximum atomic E-state index is 2.53. The molecule has 0 bridgehead atoms. The van der Waals surface area contributed by atoms with Crippen LogP contribution in [0.1, 0.15) is 41.5 Å². The minimum atomic E-state index is 0.278. The maximum absolute atomic E-state index is 2.53. The summed E-state index contributed by atoms with van der Waals surface area (Å²) in [6, 6.07) is 0. The Morgan fingerprint density at radius 1 is 1.14 bits per heavy atom. The van der Waals surface area contributed by atoms with Gasteiger partial charge in [0.05, 0.1) is 0 Å². The van der Waals surface area contributed by atoms with Crippen LogP contribution in [-0.2, 0) is 0 Å². The van der Waals surface area contributed by atoms with Gasteiger partial charge in [-0.05, 0) is 36.3 Å². The summed E-state index contributed by atoms with van der Waals surface area (Å²) in [4.78, 5) is 0. The molecule has 0 aromatic rings. The highest BCUT2D eigenvalue weighted by Crippen LogP contribution is 2.42. The summed E-state index contributed by atoms with van der Waals surface area (Å²) >= 11 is 2.53. The van der Waals surface area contributed by atoms with E-state index in [1.807, 2.05) is 0 Å². The largest absolute Gasteiger partial charge is 0.0746 e. The molecule has 0 spiro atoms. The topological polar surface area (TPSA) is 0 Å². The molecule has 0 heterocycles. The lowest BCUT2D eigenvalue weighted by molar-refractivity contribution is 0.516. The highest BCUT2D eigenvalue weighted by atomic mass is 127. The molecular formula is C13H21I. The fraction of sp³-hybridized carbons (Fsp3) is 0.692. The van der Waals surface area contributed by atoms with Crippen LogP contribution in [0.5, 0.6) is 0 Å². The summed E-state index contributed by atoms with van der Waals surface area (Å²) in [5, 5.41) is 0. The molecule has 0 saturated heterocycles. The number of hydrogen-bond donors (Lipinski definition) is 0. The minimum Gasteiger partial charge on any atom is -0.0746 e. The molecule has 0 saturated carbocycles. The molecule has 1 heteroatoms. The van der Waals surface area contributed by atoms with Gasteiger partial charge in [-0.15, -0.1) is 0 Å². The average molecular weight is 304 g/mol. The van der Waals surface area contributed by atoms with Crippen LogP contribution >= 0.6 is 22.6 Å². The second-order valence-electron chi connectivity index (χ2n) is 5.73. The fourth-order valence-electron chi connectivity index (χ4n) is 1.89. The maximum Gasteiger partial charge on any atom is 0.0382 e. The van der Waals surface area contributed by atoms with E-state index in [1.165, 1.54) is 5.57 Å². The van der Waals surface area contributed by atoms with Crippen LogP contribution in [0.25, 0.3) is 0 Å². The lowest BCUT2D eigenvalue weighted by Crippen LogP contribution is -2.16. The molecule has 0 amide bonds. The van der Waals surface area contributed by atoms with Gasteiger partial charge < -0.3 is 0 Å². The average Bonchev–Trinajstić information content (AvgIpc) is 2.27. The van der Waals surface area contributed by atoms with Crippen molar-refractivity contribution in [3.05, 3.63) is 23.3 Å². The Bertz CT molecular complexity index is 281. The zero-order valence-corrected chi connectivity index (χ0v) is 12.3. The quantitative estimate of drug-likeness (QED) is 0.484. The van der Waals surface area contributed by atoms with E-state index in [1.54, 1.807) is 5.57 Å². The lowest BCUT2D eigenvalue weighted by Gasteiger charge is -2.22. The van der Waals surface area contributed by atoms with Crippen molar-refractivity contribution >= 4 is 22.6 Å². The molecule has 1 atom stereocenters. The predicted octanol–water partition coefficient (Wildman–Crippen LogP) is 4.75. The molecule has 0 fully saturated rings. The van der Waals surface area contributed by atoms with Gasteiger partial charge >= 0.3 is 0 Å². The van der Waals surface area contributed by atoms with E-state index in [-0.39, 0.29) is 8.84 Å². The van der Waals surface area contributed by atoms with Crippen molar-refractivity contribution in [3.63, 3.8) is 0 Å². The third-order valence-corrected chi connectivity index (χ3v) is 3.41. The minimum absolute atomic E-state index is 0.278. The monoisotopic (exact) mass is 304 g/mol. The summed E-state index contributed by atoms with van der Waals surface area (Å²) in [7, 11) is 0. The van der Waals surface area contributed by atoms with Gasteiger partial charge in [-0.2, -0.15) is 0 Å². The van der Waals surface area contributed by atoms with Gasteiger partial charge in [0, 0.05) is 3.42 Å². The Balaban J connectivity index is 2.99. The zero-order chi connectivity index (χ0) is 11.1. The zero-order valence-electron chi connectivity index (χ0n) is 10.1. The van der Waals surface area contributed by atoms with Crippen LogP contribution < -0.4 is 0 Å². The van der Waals surface area contributed by atoms with Gasteiger partial charge in [0.25, 0.3) is 0 Å². The Kier molecular flexibility index (Phi) is 3.21. The van der Waals surface area contributed by atoms with E-state index in [0.717, 1.165) is 0 Å². The third-order valence-electron chi connectivity index (χ3n) is 2.78. The Hall–Kier alpha value is 0.210. The lowest BCUT2D eigenvalue weighted by atomic mass is 9.87. The first-order chi connectivity index (χ1) is 6.12. The third kappa shape index (κ3) is 2.62. The van der Waals surface area contributed by atoms with Crippen molar-refractivity contribution < 1.29 is 0 Å². The van der Waals surface area contributed by atoms with Crippen molar-refractivity contribution in [1.82, 2.24) is 0 Å². The van der Waals surface area contributed by atoms with Crippen molar-refractivity contribution in [3.8, 4) is 0 Å². The molecular weight excluding hydrogens is 283 g/mol. The summed E-state index contributed by atoms with van der Waals surface area (Å²) in [6.45, 7) is 13.7. The highest BCUT2D eigenvalue weighted by Gasteiger charge is 2.30. The molecule has 1 aliphatic carbocycles. The molecule has 0 N–H and O–H groups in total. The van der Waals surface area contributed by atoms with Crippen molar-refractivity contribution in [1.29, 1.82) is 0 Å². The summed E-state index contributed by atoms with van der Waals surface area (Å²) in [6.07, 6.45) is 4.81. The number of halogens is 1. The molecule has 1 aliphatic rings. The standard InChI is InChI=1S/C13H21I/c1-9-7-10(12(2,3)4)8-11(9)13(5,6)14/h7-9H,1-6H3. The summed E-state index contributed by atoms with van der Waals surface area (Å²) in [5.74, 6) is 0.608. The van der Waals surface area contributed by atoms with E-state index >= 15 is 0 Å². The van der Waals surface area contributed by atoms with Crippen molar-refractivity contribution in [2.75, 3.05) is 0 Å². The van der Waals surface area contributed by atoms with Crippen molar-refractivity contribution in [2.45, 2.75) is 45.0 Å². The normalized spacial score (nSPS) is 23.5. The number of rotatable bonds is 1. The van der Waals surface area contributed by atoms with Crippen LogP contribution in [0.15, 0.2) is 23.3 Å². The molecule has 14 heavy (non-hydrogen) atoms. The number of hydrogen-bond acceptors (Lipinski definition) is 0. The number of alkyl halides is 1. The first-order valence-corrected chi connectivity index (χ1v) is 6.33. The van der Waals surface area contributed by atoms with Gasteiger partial charge in [-0.25, -0.2) is 0 Å². The van der Waals surface area contributed by atoms with Crippen LogP contribution in [0.3, 0.4) is 0 Å². The van der Waals surface area contributed by atoms with E-state index in [4.69, 9.17) is 0 Å². The van der Waals surface area contributed by atoms with Gasteiger partial charge in [0.1, 0.15) is 0 Å². The Morgan fingerprint density at radius 2 is 1.64 bits per heavy atom. The van der Waals surface area contributed by atoms with Crippen LogP contribution in [-0.4, -0.2) is 3.42 Å². The molecule has 0 aromatic carbocycles. The first-order valence-electron chi connectivity index (χ1n) is 5.25. The van der Waals surface area contributed by atoms with Crippen molar-refractivity contribution in [2.24, 2.45) is 11.3 Å². The van der Waals surface area contributed by atoms with Crippen LogP contribution in [0, 0.1) is 11.3 Å². The predicted molar refractivity (Wildman–Crippen MR) is 72.9 cm³/mol. The first kappa shape index (κ1) is 12.3. The second-order valence-corrected chi connectivity index (χ2v) is 8.43. The molecule has 0 nitrogen and oxygen atoms in total. The van der Waals surface area contributed by atoms with Crippen LogP contribution in [0.2, 0.25) is 0 Å². The van der Waals surface area contributed by atoms with E-state index < -0.39 is 0 Å². The fourth-order valence-corrected chi connectivity index (χ4v) is 2.53. The van der Waals surface area contributed by atoms with Gasteiger partial charge in [0.2, 0.25) is 0 Å². The molecule has 80 valence electrons. The van der Waals surface area contributed by atoms with Gasteiger partial charge in [-0.3, -0.25) is 0 Å². The molecule has 1 unspecified atom stereocenters. The molecule has 0 aromatic heterocycles. The second kappa shape index (κ2) is 3.66. The Labute approximate surface area is 102 Å². The van der Waals surface area contributed by atoms with Gasteiger partial charge in [0.15, 0.2) is 0 Å². The van der Waals surface area contributed by atoms with Gasteiger partial charge in [-0.1, -0.05) is 62.4 Å². The molecule has 0 aliphatic heterocycles. The van der Waals surface area contributed by atoms with E-state index in [9.17, 15) is 0 Å². The molecule has 1 rings (SSSR count). The number of allylic oxidation sites excluding steroid dienone is 4. The molecule has 0 radical (unpaired) electrons. The van der Waals surface area contributed by atoms with E-state index in [2.05, 4.69) is 76.3 Å².